The number of hydrogen-bond donors (Lipinski definition) is 2. The second kappa shape index (κ2) is 7.19. The highest BCUT2D eigenvalue weighted by Crippen LogP contribution is 2.42. The molecule has 4 rings (SSSR count). The van der Waals surface area contributed by atoms with Crippen LogP contribution < -0.4 is 9.80 Å². The summed E-state index contributed by atoms with van der Waals surface area (Å²) in [5.41, 5.74) is -0.493. The fourth-order valence-electron chi connectivity index (χ4n) is 4.17. The monoisotopic (exact) mass is 385 g/mol. The number of quaternary nitrogens is 1. The molecule has 0 spiro atoms. The minimum Gasteiger partial charge on any atom is -0.375 e. The fourth-order valence-corrected chi connectivity index (χ4v) is 4.98. The lowest BCUT2D eigenvalue weighted by atomic mass is 9.89. The third-order valence-corrected chi connectivity index (χ3v) is 6.66. The Kier molecular flexibility index (Phi) is 4.88. The smallest absolute Gasteiger partial charge is 0.268 e. The first-order valence-corrected chi connectivity index (χ1v) is 10.4. The maximum Gasteiger partial charge on any atom is 0.268 e. The molecule has 0 radical (unpaired) electrons. The van der Waals surface area contributed by atoms with Crippen LogP contribution in [-0.4, -0.2) is 36.6 Å². The number of fused-ring (bicyclic) bond motifs is 1. The molecule has 1 aromatic heterocycles. The lowest BCUT2D eigenvalue weighted by molar-refractivity contribution is -0.903. The normalized spacial score (nSPS) is 22.9. The molecular weight excluding hydrogens is 360 g/mol. The third kappa shape index (κ3) is 3.33. The number of thiophene rings is 1. The zero-order valence-corrected chi connectivity index (χ0v) is 16.3. The number of aliphatic hydroxyl groups is 1. The Hall–Kier alpha value is -2.02. The molecule has 0 aliphatic carbocycles. The molecule has 5 nitrogen and oxygen atoms in total. The van der Waals surface area contributed by atoms with Gasteiger partial charge in [-0.2, -0.15) is 0 Å². The summed E-state index contributed by atoms with van der Waals surface area (Å²) in [6, 6.07) is 11.0. The van der Waals surface area contributed by atoms with E-state index in [1.165, 1.54) is 35.5 Å². The molecule has 1 aromatic carbocycles. The van der Waals surface area contributed by atoms with Gasteiger partial charge in [0.1, 0.15) is 0 Å². The van der Waals surface area contributed by atoms with Gasteiger partial charge in [-0.05, 0) is 44.4 Å². The second-order valence-corrected chi connectivity index (χ2v) is 8.88. The first-order valence-electron chi connectivity index (χ1n) is 9.56. The maximum absolute atomic E-state index is 13.2. The van der Waals surface area contributed by atoms with Gasteiger partial charge in [0.05, 0.1) is 30.1 Å². The van der Waals surface area contributed by atoms with Crippen molar-refractivity contribution < 1.29 is 19.6 Å². The Morgan fingerprint density at radius 3 is 2.63 bits per heavy atom. The number of anilines is 1. The lowest BCUT2D eigenvalue weighted by Crippen LogP contribution is -3.14. The molecule has 1 saturated heterocycles. The van der Waals surface area contributed by atoms with Crippen molar-refractivity contribution >= 4 is 28.7 Å². The van der Waals surface area contributed by atoms with Crippen molar-refractivity contribution in [3.05, 3.63) is 51.7 Å². The lowest BCUT2D eigenvalue weighted by Gasteiger charge is -2.29. The molecule has 1 atom stereocenters. The van der Waals surface area contributed by atoms with Crippen LogP contribution >= 0.6 is 11.3 Å². The van der Waals surface area contributed by atoms with Gasteiger partial charge in [0, 0.05) is 10.4 Å². The highest BCUT2D eigenvalue weighted by molar-refractivity contribution is 7.14. The highest BCUT2D eigenvalue weighted by atomic mass is 32.1. The highest BCUT2D eigenvalue weighted by Gasteiger charge is 2.51. The van der Waals surface area contributed by atoms with Crippen molar-refractivity contribution in [2.24, 2.45) is 0 Å². The van der Waals surface area contributed by atoms with E-state index >= 15 is 0 Å². The van der Waals surface area contributed by atoms with Gasteiger partial charge in [-0.3, -0.25) is 14.5 Å². The minimum atomic E-state index is -1.78. The summed E-state index contributed by atoms with van der Waals surface area (Å²) >= 11 is 1.40. The van der Waals surface area contributed by atoms with E-state index in [0.29, 0.717) is 17.1 Å². The number of aryl methyl sites for hydroxylation is 1. The van der Waals surface area contributed by atoms with Gasteiger partial charge in [0.15, 0.2) is 18.1 Å². The summed E-state index contributed by atoms with van der Waals surface area (Å²) < 4.78 is 0. The van der Waals surface area contributed by atoms with E-state index in [1.807, 2.05) is 31.2 Å². The number of likely N-dealkylation sites (tertiary alicyclic amines) is 1. The average Bonchev–Trinajstić information content (AvgIpc) is 3.20. The van der Waals surface area contributed by atoms with Crippen molar-refractivity contribution in [1.29, 1.82) is 0 Å². The van der Waals surface area contributed by atoms with Gasteiger partial charge in [0.2, 0.25) is 0 Å². The number of ketones is 1. The number of carbonyl (C=O) groups is 2. The summed E-state index contributed by atoms with van der Waals surface area (Å²) in [6.45, 7) is 4.56. The zero-order chi connectivity index (χ0) is 19.0. The van der Waals surface area contributed by atoms with Gasteiger partial charge in [-0.25, -0.2) is 0 Å². The zero-order valence-electron chi connectivity index (χ0n) is 15.5. The largest absolute Gasteiger partial charge is 0.375 e. The van der Waals surface area contributed by atoms with Gasteiger partial charge in [-0.15, -0.1) is 11.3 Å². The van der Waals surface area contributed by atoms with Crippen LogP contribution in [0.2, 0.25) is 0 Å². The molecule has 1 amide bonds. The maximum atomic E-state index is 13.2. The number of benzene rings is 1. The quantitative estimate of drug-likeness (QED) is 0.773. The van der Waals surface area contributed by atoms with Crippen LogP contribution in [0.3, 0.4) is 0 Å². The van der Waals surface area contributed by atoms with E-state index in [0.717, 1.165) is 23.7 Å². The number of nitrogens with zero attached hydrogens (tertiary/aromatic N) is 1. The van der Waals surface area contributed by atoms with Gasteiger partial charge >= 0.3 is 0 Å². The standard InChI is InChI=1S/C21H24N2O3S/c1-15-9-10-19(27-15)18(24)13-21(26)16-7-3-4-8-17(16)23(20(21)25)14-22-11-5-2-6-12-22/h3-4,7-10,26H,2,5-6,11-14H2,1H3/p+1/t21-/m1/s1. The Bertz CT molecular complexity index is 872. The molecule has 2 aliphatic heterocycles. The molecule has 2 aliphatic rings. The number of para-hydroxylation sites is 1. The van der Waals surface area contributed by atoms with E-state index in [-0.39, 0.29) is 18.1 Å². The molecule has 0 unspecified atom stereocenters. The molecule has 1 fully saturated rings. The van der Waals surface area contributed by atoms with E-state index in [1.54, 1.807) is 17.0 Å². The molecule has 3 heterocycles. The van der Waals surface area contributed by atoms with Crippen molar-refractivity contribution in [3.63, 3.8) is 0 Å². The van der Waals surface area contributed by atoms with E-state index in [2.05, 4.69) is 0 Å². The minimum absolute atomic E-state index is 0.189. The van der Waals surface area contributed by atoms with Crippen LogP contribution in [0.15, 0.2) is 36.4 Å². The molecule has 0 bridgehead atoms. The Labute approximate surface area is 163 Å². The topological polar surface area (TPSA) is 62.0 Å². The first kappa shape index (κ1) is 18.3. The number of carbonyl (C=O) groups excluding carboxylic acids is 2. The van der Waals surface area contributed by atoms with Gasteiger partial charge < -0.3 is 10.0 Å². The SMILES string of the molecule is Cc1ccc(C(=O)C[C@]2(O)C(=O)N(C[NH+]3CCCCC3)c3ccccc32)s1. The van der Waals surface area contributed by atoms with Crippen molar-refractivity contribution in [3.8, 4) is 0 Å². The number of hydrogen-bond acceptors (Lipinski definition) is 4. The van der Waals surface area contributed by atoms with Crippen molar-refractivity contribution in [2.75, 3.05) is 24.7 Å². The van der Waals surface area contributed by atoms with Crippen molar-refractivity contribution in [1.82, 2.24) is 0 Å². The van der Waals surface area contributed by atoms with Gasteiger partial charge in [-0.1, -0.05) is 18.2 Å². The average molecular weight is 386 g/mol. The van der Waals surface area contributed by atoms with Crippen LogP contribution in [0, 0.1) is 6.92 Å². The molecule has 2 N–H and O–H groups in total. The molecule has 2 aromatic rings. The van der Waals surface area contributed by atoms with Crippen LogP contribution in [0.4, 0.5) is 5.69 Å². The summed E-state index contributed by atoms with van der Waals surface area (Å²) in [4.78, 5) is 30.7. The molecular formula is C21H25N2O3S+. The first-order chi connectivity index (χ1) is 13.0. The fraction of sp³-hybridized carbons (Fsp3) is 0.429. The van der Waals surface area contributed by atoms with Crippen LogP contribution in [-0.2, 0) is 10.4 Å². The van der Waals surface area contributed by atoms with Crippen LogP contribution in [0.25, 0.3) is 0 Å². The van der Waals surface area contributed by atoms with Gasteiger partial charge in [0.25, 0.3) is 5.91 Å². The second-order valence-electron chi connectivity index (χ2n) is 7.59. The number of rotatable bonds is 5. The van der Waals surface area contributed by atoms with E-state index in [9.17, 15) is 14.7 Å². The van der Waals surface area contributed by atoms with Crippen LogP contribution in [0.5, 0.6) is 0 Å². The molecule has 0 saturated carbocycles. The molecule has 6 heteroatoms. The Balaban J connectivity index is 1.62. The summed E-state index contributed by atoms with van der Waals surface area (Å²) in [7, 11) is 0. The predicted octanol–water partition coefficient (Wildman–Crippen LogP) is 1.89. The summed E-state index contributed by atoms with van der Waals surface area (Å²) in [5.74, 6) is -0.561. The summed E-state index contributed by atoms with van der Waals surface area (Å²) in [6.07, 6.45) is 3.36. The molecule has 142 valence electrons. The number of nitrogens with one attached hydrogen (secondary N) is 1. The van der Waals surface area contributed by atoms with E-state index < -0.39 is 5.60 Å². The Morgan fingerprint density at radius 1 is 1.19 bits per heavy atom. The predicted molar refractivity (Wildman–Crippen MR) is 105 cm³/mol. The van der Waals surface area contributed by atoms with Crippen molar-refractivity contribution in [2.45, 2.75) is 38.2 Å². The Morgan fingerprint density at radius 2 is 1.93 bits per heavy atom. The number of piperidine rings is 1. The number of amides is 1. The molecule has 27 heavy (non-hydrogen) atoms. The van der Waals surface area contributed by atoms with E-state index in [4.69, 9.17) is 0 Å². The van der Waals surface area contributed by atoms with Crippen LogP contribution in [0.1, 0.15) is 45.8 Å². The third-order valence-electron chi connectivity index (χ3n) is 5.61. The summed E-state index contributed by atoms with van der Waals surface area (Å²) in [5, 5.41) is 11.3. The number of Topliss-reactive ketones (excluding diaryl/α,β-unsaturated/α-hetero) is 1.